The van der Waals surface area contributed by atoms with Crippen LogP contribution in [-0.2, 0) is 6.54 Å². The van der Waals surface area contributed by atoms with Crippen LogP contribution < -0.4 is 0 Å². The Bertz CT molecular complexity index is 630. The fraction of sp³-hybridized carbons (Fsp3) is 0.400. The molecule has 1 heterocycles. The van der Waals surface area contributed by atoms with Gasteiger partial charge in [-0.05, 0) is 48.1 Å². The molecule has 1 aliphatic carbocycles. The second-order valence-corrected chi connectivity index (χ2v) is 6.48. The minimum atomic E-state index is 0.0593. The van der Waals surface area contributed by atoms with E-state index < -0.39 is 0 Å². The second kappa shape index (κ2) is 7.40. The molecule has 3 nitrogen and oxygen atoms in total. The molecule has 0 unspecified atom stereocenters. The fourth-order valence-corrected chi connectivity index (χ4v) is 3.39. The second-order valence-electron chi connectivity index (χ2n) is 6.48. The van der Waals surface area contributed by atoms with Gasteiger partial charge in [0.15, 0.2) is 0 Å². The maximum Gasteiger partial charge on any atom is 0.253 e. The van der Waals surface area contributed by atoms with Gasteiger partial charge in [0.05, 0.1) is 0 Å². The highest BCUT2D eigenvalue weighted by molar-refractivity contribution is 5.94. The molecule has 3 heteroatoms. The summed E-state index contributed by atoms with van der Waals surface area (Å²) >= 11 is 0. The van der Waals surface area contributed by atoms with Crippen LogP contribution in [0.1, 0.15) is 59.5 Å². The largest absolute Gasteiger partial charge is 0.337 e. The van der Waals surface area contributed by atoms with Gasteiger partial charge in [0, 0.05) is 31.5 Å². The van der Waals surface area contributed by atoms with Crippen molar-refractivity contribution in [2.45, 2.75) is 44.6 Å². The number of hydrogen-bond acceptors (Lipinski definition) is 2. The highest BCUT2D eigenvalue weighted by Gasteiger charge is 2.17. The predicted molar refractivity (Wildman–Crippen MR) is 92.3 cm³/mol. The molecule has 0 bridgehead atoms. The van der Waals surface area contributed by atoms with Crippen LogP contribution in [0.5, 0.6) is 0 Å². The van der Waals surface area contributed by atoms with E-state index in [-0.39, 0.29) is 5.91 Å². The first-order valence-corrected chi connectivity index (χ1v) is 8.48. The molecule has 1 aromatic heterocycles. The SMILES string of the molecule is CN(Cc1cccnc1)C(=O)c1ccc(C2CCCCC2)cc1. The Balaban J connectivity index is 1.65. The van der Waals surface area contributed by atoms with E-state index in [9.17, 15) is 4.79 Å². The predicted octanol–water partition coefficient (Wildman–Crippen LogP) is 4.40. The molecule has 2 aromatic rings. The van der Waals surface area contributed by atoms with Gasteiger partial charge < -0.3 is 4.90 Å². The topological polar surface area (TPSA) is 33.2 Å². The van der Waals surface area contributed by atoms with E-state index in [4.69, 9.17) is 0 Å². The number of hydrogen-bond donors (Lipinski definition) is 0. The molecular weight excluding hydrogens is 284 g/mol. The molecule has 1 fully saturated rings. The van der Waals surface area contributed by atoms with Crippen molar-refractivity contribution in [3.05, 3.63) is 65.5 Å². The Morgan fingerprint density at radius 3 is 2.52 bits per heavy atom. The first-order valence-electron chi connectivity index (χ1n) is 8.48. The smallest absolute Gasteiger partial charge is 0.253 e. The Labute approximate surface area is 138 Å². The van der Waals surface area contributed by atoms with Crippen LogP contribution in [0.3, 0.4) is 0 Å². The lowest BCUT2D eigenvalue weighted by atomic mass is 9.84. The van der Waals surface area contributed by atoms with Gasteiger partial charge in [0.2, 0.25) is 0 Å². The Morgan fingerprint density at radius 1 is 1.13 bits per heavy atom. The molecule has 1 aromatic carbocycles. The Kier molecular flexibility index (Phi) is 5.06. The van der Waals surface area contributed by atoms with Crippen LogP contribution in [0, 0.1) is 0 Å². The van der Waals surface area contributed by atoms with Gasteiger partial charge in [-0.15, -0.1) is 0 Å². The Morgan fingerprint density at radius 2 is 1.87 bits per heavy atom. The number of nitrogens with zero attached hydrogens (tertiary/aromatic N) is 2. The number of amides is 1. The highest BCUT2D eigenvalue weighted by Crippen LogP contribution is 2.32. The average Bonchev–Trinajstić information content (AvgIpc) is 2.63. The quantitative estimate of drug-likeness (QED) is 0.838. The summed E-state index contributed by atoms with van der Waals surface area (Å²) in [5.74, 6) is 0.741. The molecule has 120 valence electrons. The molecule has 1 saturated carbocycles. The summed E-state index contributed by atoms with van der Waals surface area (Å²) in [6.07, 6.45) is 10.2. The highest BCUT2D eigenvalue weighted by atomic mass is 16.2. The monoisotopic (exact) mass is 308 g/mol. The van der Waals surface area contributed by atoms with Crippen LogP contribution >= 0.6 is 0 Å². The summed E-state index contributed by atoms with van der Waals surface area (Å²) in [6.45, 7) is 0.580. The minimum absolute atomic E-state index is 0.0593. The minimum Gasteiger partial charge on any atom is -0.337 e. The first-order chi connectivity index (χ1) is 11.2. The summed E-state index contributed by atoms with van der Waals surface area (Å²) < 4.78 is 0. The lowest BCUT2D eigenvalue weighted by molar-refractivity contribution is 0.0785. The molecule has 0 saturated heterocycles. The van der Waals surface area contributed by atoms with Crippen molar-refractivity contribution in [3.8, 4) is 0 Å². The van der Waals surface area contributed by atoms with Gasteiger partial charge in [-0.2, -0.15) is 0 Å². The third-order valence-corrected chi connectivity index (χ3v) is 4.72. The van der Waals surface area contributed by atoms with E-state index >= 15 is 0 Å². The fourth-order valence-electron chi connectivity index (χ4n) is 3.39. The molecule has 0 aliphatic heterocycles. The summed E-state index contributed by atoms with van der Waals surface area (Å²) in [5, 5.41) is 0. The van der Waals surface area contributed by atoms with Crippen LogP contribution in [0.15, 0.2) is 48.8 Å². The number of aromatic nitrogens is 1. The van der Waals surface area contributed by atoms with E-state index in [1.165, 1.54) is 37.7 Å². The zero-order valence-corrected chi connectivity index (χ0v) is 13.7. The molecular formula is C20H24N2O. The van der Waals surface area contributed by atoms with Crippen molar-refractivity contribution < 1.29 is 4.79 Å². The maximum absolute atomic E-state index is 12.5. The summed E-state index contributed by atoms with van der Waals surface area (Å²) in [6, 6.07) is 12.1. The van der Waals surface area contributed by atoms with Crippen molar-refractivity contribution in [2.75, 3.05) is 7.05 Å². The van der Waals surface area contributed by atoms with Crippen molar-refractivity contribution in [3.63, 3.8) is 0 Å². The van der Waals surface area contributed by atoms with Crippen molar-refractivity contribution in [1.29, 1.82) is 0 Å². The summed E-state index contributed by atoms with van der Waals surface area (Å²) in [4.78, 5) is 18.4. The van der Waals surface area contributed by atoms with E-state index in [2.05, 4.69) is 17.1 Å². The molecule has 23 heavy (non-hydrogen) atoms. The Hall–Kier alpha value is -2.16. The third kappa shape index (κ3) is 3.98. The molecule has 0 spiro atoms. The molecule has 0 atom stereocenters. The van der Waals surface area contributed by atoms with E-state index in [1.807, 2.05) is 31.3 Å². The zero-order valence-electron chi connectivity index (χ0n) is 13.7. The average molecular weight is 308 g/mol. The molecule has 1 amide bonds. The lowest BCUT2D eigenvalue weighted by Gasteiger charge is -2.22. The van der Waals surface area contributed by atoms with Gasteiger partial charge >= 0.3 is 0 Å². The number of benzene rings is 1. The normalized spacial score (nSPS) is 15.3. The van der Waals surface area contributed by atoms with Crippen LogP contribution in [0.25, 0.3) is 0 Å². The molecule has 3 rings (SSSR count). The van der Waals surface area contributed by atoms with Crippen LogP contribution in [0.4, 0.5) is 0 Å². The van der Waals surface area contributed by atoms with Gasteiger partial charge in [0.1, 0.15) is 0 Å². The van der Waals surface area contributed by atoms with Gasteiger partial charge in [-0.3, -0.25) is 9.78 Å². The van der Waals surface area contributed by atoms with Gasteiger partial charge in [-0.25, -0.2) is 0 Å². The molecule has 0 radical (unpaired) electrons. The van der Waals surface area contributed by atoms with E-state index in [0.717, 1.165) is 11.1 Å². The van der Waals surface area contributed by atoms with Gasteiger partial charge in [0.25, 0.3) is 5.91 Å². The van der Waals surface area contributed by atoms with Crippen molar-refractivity contribution in [1.82, 2.24) is 9.88 Å². The standard InChI is InChI=1S/C20H24N2O/c1-22(15-16-6-5-13-21-14-16)20(23)19-11-9-18(10-12-19)17-7-3-2-4-8-17/h5-6,9-14,17H,2-4,7-8,15H2,1H3. The number of carbonyl (C=O) groups excluding carboxylic acids is 1. The molecule has 1 aliphatic rings. The third-order valence-electron chi connectivity index (χ3n) is 4.72. The summed E-state index contributed by atoms with van der Waals surface area (Å²) in [5.41, 5.74) is 3.19. The van der Waals surface area contributed by atoms with Crippen molar-refractivity contribution in [2.24, 2.45) is 0 Å². The maximum atomic E-state index is 12.5. The van der Waals surface area contributed by atoms with Crippen LogP contribution in [0.2, 0.25) is 0 Å². The first kappa shape index (κ1) is 15.7. The zero-order chi connectivity index (χ0) is 16.1. The van der Waals surface area contributed by atoms with Crippen molar-refractivity contribution >= 4 is 5.91 Å². The number of carbonyl (C=O) groups is 1. The lowest BCUT2D eigenvalue weighted by Crippen LogP contribution is -2.26. The van der Waals surface area contributed by atoms with E-state index in [0.29, 0.717) is 12.5 Å². The number of rotatable bonds is 4. The summed E-state index contributed by atoms with van der Waals surface area (Å²) in [7, 11) is 1.84. The number of pyridine rings is 1. The van der Waals surface area contributed by atoms with E-state index in [1.54, 1.807) is 17.3 Å². The van der Waals surface area contributed by atoms with Crippen LogP contribution in [-0.4, -0.2) is 22.8 Å². The van der Waals surface area contributed by atoms with Gasteiger partial charge in [-0.1, -0.05) is 37.5 Å². The molecule has 0 N–H and O–H groups in total.